The van der Waals surface area contributed by atoms with Crippen molar-refractivity contribution < 1.29 is 18.7 Å². The van der Waals surface area contributed by atoms with Crippen molar-refractivity contribution in [2.24, 2.45) is 4.99 Å². The molecule has 0 aliphatic rings. The highest BCUT2D eigenvalue weighted by Gasteiger charge is 2.17. The second-order valence-corrected chi connectivity index (χ2v) is 8.32. The Labute approximate surface area is 191 Å². The molecule has 0 atom stereocenters. The van der Waals surface area contributed by atoms with Gasteiger partial charge in [0.1, 0.15) is 17.7 Å². The van der Waals surface area contributed by atoms with Crippen molar-refractivity contribution in [3.05, 3.63) is 87.5 Å². The van der Waals surface area contributed by atoms with Crippen LogP contribution in [0.5, 0.6) is 0 Å². The Bertz CT molecular complexity index is 1680. The van der Waals surface area contributed by atoms with E-state index in [0.717, 1.165) is 21.0 Å². The lowest BCUT2D eigenvalue weighted by Gasteiger charge is -2.05. The number of esters is 1. The molecule has 3 aromatic carbocycles. The van der Waals surface area contributed by atoms with Crippen LogP contribution in [0.25, 0.3) is 32.0 Å². The van der Waals surface area contributed by atoms with Gasteiger partial charge in [0, 0.05) is 5.39 Å². The molecule has 0 saturated heterocycles. The molecule has 0 fully saturated rings. The van der Waals surface area contributed by atoms with Gasteiger partial charge < -0.3 is 13.7 Å². The third kappa shape index (κ3) is 3.85. The predicted octanol–water partition coefficient (Wildman–Crippen LogP) is 4.27. The number of benzene rings is 3. The highest BCUT2D eigenvalue weighted by atomic mass is 32.1. The zero-order valence-electron chi connectivity index (χ0n) is 17.6. The van der Waals surface area contributed by atoms with Gasteiger partial charge in [0.25, 0.3) is 5.91 Å². The summed E-state index contributed by atoms with van der Waals surface area (Å²) in [4.78, 5) is 42.4. The molecule has 0 aliphatic heterocycles. The first-order valence-corrected chi connectivity index (χ1v) is 11.2. The summed E-state index contributed by atoms with van der Waals surface area (Å²) in [5.74, 6) is -1.17. The second kappa shape index (κ2) is 8.48. The number of para-hydroxylation sites is 1. The molecule has 164 valence electrons. The molecule has 0 unspecified atom stereocenters. The van der Waals surface area contributed by atoms with Gasteiger partial charge in [0.15, 0.2) is 4.80 Å². The molecule has 5 aromatic rings. The fraction of sp³-hybridized carbons (Fsp3) is 0.120. The summed E-state index contributed by atoms with van der Waals surface area (Å²) in [5.41, 5.74) is 0.219. The van der Waals surface area contributed by atoms with Crippen molar-refractivity contribution in [3.8, 4) is 0 Å². The van der Waals surface area contributed by atoms with Crippen LogP contribution < -0.4 is 10.4 Å². The highest BCUT2D eigenvalue weighted by Crippen LogP contribution is 2.25. The summed E-state index contributed by atoms with van der Waals surface area (Å²) < 4.78 is 13.0. The molecular weight excluding hydrogens is 440 g/mol. The van der Waals surface area contributed by atoms with E-state index in [1.165, 1.54) is 17.4 Å². The lowest BCUT2D eigenvalue weighted by molar-refractivity contribution is -0.143. The minimum atomic E-state index is -0.760. The lowest BCUT2D eigenvalue weighted by Crippen LogP contribution is -2.24. The van der Waals surface area contributed by atoms with Crippen LogP contribution in [-0.4, -0.2) is 23.1 Å². The Morgan fingerprint density at radius 2 is 1.82 bits per heavy atom. The monoisotopic (exact) mass is 458 g/mol. The molecule has 0 saturated carbocycles. The van der Waals surface area contributed by atoms with Crippen molar-refractivity contribution >= 4 is 55.2 Å². The maximum atomic E-state index is 13.1. The molecule has 0 N–H and O–H groups in total. The molecule has 0 bridgehead atoms. The topological polar surface area (TPSA) is 90.9 Å². The first-order chi connectivity index (χ1) is 16.0. The number of ether oxygens (including phenoxy) is 1. The minimum Gasteiger partial charge on any atom is -0.465 e. The smallest absolute Gasteiger partial charge is 0.349 e. The summed E-state index contributed by atoms with van der Waals surface area (Å²) in [6.07, 6.45) is 0. The standard InChI is InChI=1S/C25H18N2O5S/c1-2-31-22(28)14-27-19-9-5-6-10-21(19)33-25(27)26-23(29)18-13-17-16-8-4-3-7-15(16)11-12-20(17)32-24(18)30/h3-13H,2,14H2,1H3. The molecule has 2 aromatic heterocycles. The number of thiazole rings is 1. The molecule has 2 heterocycles. The summed E-state index contributed by atoms with van der Waals surface area (Å²) in [7, 11) is 0. The van der Waals surface area contributed by atoms with Gasteiger partial charge in [0.2, 0.25) is 0 Å². The number of carbonyl (C=O) groups is 2. The normalized spacial score (nSPS) is 12.0. The van der Waals surface area contributed by atoms with E-state index in [1.54, 1.807) is 17.6 Å². The number of amides is 1. The van der Waals surface area contributed by atoms with Crippen LogP contribution in [0.1, 0.15) is 17.3 Å². The molecule has 0 aliphatic carbocycles. The van der Waals surface area contributed by atoms with Gasteiger partial charge in [-0.1, -0.05) is 53.8 Å². The van der Waals surface area contributed by atoms with Crippen LogP contribution >= 0.6 is 11.3 Å². The molecule has 5 rings (SSSR count). The number of hydrogen-bond acceptors (Lipinski definition) is 6. The van der Waals surface area contributed by atoms with Crippen molar-refractivity contribution in [2.45, 2.75) is 13.5 Å². The quantitative estimate of drug-likeness (QED) is 0.228. The number of fused-ring (bicyclic) bond motifs is 4. The molecule has 0 spiro atoms. The number of nitrogens with zero attached hydrogens (tertiary/aromatic N) is 2. The number of aromatic nitrogens is 1. The van der Waals surface area contributed by atoms with Crippen molar-refractivity contribution in [1.29, 1.82) is 0 Å². The van der Waals surface area contributed by atoms with E-state index in [9.17, 15) is 14.4 Å². The van der Waals surface area contributed by atoms with Gasteiger partial charge in [-0.25, -0.2) is 4.79 Å². The van der Waals surface area contributed by atoms with Crippen LogP contribution in [0.15, 0.2) is 80.9 Å². The van der Waals surface area contributed by atoms with Crippen LogP contribution in [0.3, 0.4) is 0 Å². The number of hydrogen-bond donors (Lipinski definition) is 0. The maximum Gasteiger partial charge on any atom is 0.349 e. The molecular formula is C25H18N2O5S. The van der Waals surface area contributed by atoms with Crippen LogP contribution in [-0.2, 0) is 16.1 Å². The summed E-state index contributed by atoms with van der Waals surface area (Å²) in [6, 6.07) is 20.2. The summed E-state index contributed by atoms with van der Waals surface area (Å²) >= 11 is 1.25. The average molecular weight is 458 g/mol. The van der Waals surface area contributed by atoms with Crippen LogP contribution in [0.4, 0.5) is 0 Å². The Balaban J connectivity index is 1.67. The van der Waals surface area contributed by atoms with Gasteiger partial charge in [-0.15, -0.1) is 0 Å². The van der Waals surface area contributed by atoms with E-state index < -0.39 is 17.5 Å². The van der Waals surface area contributed by atoms with Crippen LogP contribution in [0.2, 0.25) is 0 Å². The second-order valence-electron chi connectivity index (χ2n) is 7.31. The Kier molecular flexibility index (Phi) is 5.35. The summed E-state index contributed by atoms with van der Waals surface area (Å²) in [5, 5.41) is 2.49. The number of carbonyl (C=O) groups excluding carboxylic acids is 2. The van der Waals surface area contributed by atoms with Crippen molar-refractivity contribution in [3.63, 3.8) is 0 Å². The Morgan fingerprint density at radius 1 is 1.03 bits per heavy atom. The van der Waals surface area contributed by atoms with Gasteiger partial charge in [0.05, 0.1) is 16.8 Å². The van der Waals surface area contributed by atoms with E-state index in [4.69, 9.17) is 9.15 Å². The van der Waals surface area contributed by atoms with Crippen molar-refractivity contribution in [2.75, 3.05) is 6.61 Å². The molecule has 8 heteroatoms. The van der Waals surface area contributed by atoms with Gasteiger partial charge in [-0.2, -0.15) is 4.99 Å². The SMILES string of the molecule is CCOC(=O)Cn1c(=NC(=O)c2cc3c(ccc4ccccc43)oc2=O)sc2ccccc21. The molecule has 0 radical (unpaired) electrons. The van der Waals surface area contributed by atoms with E-state index in [-0.39, 0.29) is 18.7 Å². The zero-order valence-corrected chi connectivity index (χ0v) is 18.4. The third-order valence-corrected chi connectivity index (χ3v) is 6.31. The molecule has 7 nitrogen and oxygen atoms in total. The lowest BCUT2D eigenvalue weighted by atomic mass is 10.0. The van der Waals surface area contributed by atoms with E-state index >= 15 is 0 Å². The van der Waals surface area contributed by atoms with Crippen LogP contribution in [0, 0.1) is 0 Å². The first kappa shape index (κ1) is 20.8. The summed E-state index contributed by atoms with van der Waals surface area (Å²) in [6.45, 7) is 1.88. The molecule has 33 heavy (non-hydrogen) atoms. The average Bonchev–Trinajstić information content (AvgIpc) is 3.15. The fourth-order valence-electron chi connectivity index (χ4n) is 3.76. The van der Waals surface area contributed by atoms with E-state index in [2.05, 4.69) is 4.99 Å². The minimum absolute atomic E-state index is 0.0963. The Morgan fingerprint density at radius 3 is 2.67 bits per heavy atom. The number of rotatable bonds is 4. The highest BCUT2D eigenvalue weighted by molar-refractivity contribution is 7.16. The van der Waals surface area contributed by atoms with Crippen molar-refractivity contribution in [1.82, 2.24) is 4.57 Å². The van der Waals surface area contributed by atoms with Gasteiger partial charge in [-0.05, 0) is 42.0 Å². The van der Waals surface area contributed by atoms with Gasteiger partial charge >= 0.3 is 11.6 Å². The zero-order chi connectivity index (χ0) is 22.9. The van der Waals surface area contributed by atoms with E-state index in [0.29, 0.717) is 15.8 Å². The first-order valence-electron chi connectivity index (χ1n) is 10.3. The maximum absolute atomic E-state index is 13.1. The predicted molar refractivity (Wildman–Crippen MR) is 126 cm³/mol. The van der Waals surface area contributed by atoms with E-state index in [1.807, 2.05) is 54.6 Å². The molecule has 1 amide bonds. The fourth-order valence-corrected chi connectivity index (χ4v) is 4.79. The van der Waals surface area contributed by atoms with Gasteiger partial charge in [-0.3, -0.25) is 9.59 Å². The largest absolute Gasteiger partial charge is 0.465 e. The third-order valence-electron chi connectivity index (χ3n) is 5.25. The Hall–Kier alpha value is -4.04.